The molecule has 0 amide bonds. The minimum atomic E-state index is -1.04. The van der Waals surface area contributed by atoms with E-state index >= 15 is 0 Å². The van der Waals surface area contributed by atoms with Crippen LogP contribution in [0.2, 0.25) is 0 Å². The number of fused-ring (bicyclic) bond motifs is 1. The van der Waals surface area contributed by atoms with E-state index in [1.54, 1.807) is 18.2 Å². The average Bonchev–Trinajstić information content (AvgIpc) is 3.15. The highest BCUT2D eigenvalue weighted by Crippen LogP contribution is 2.45. The van der Waals surface area contributed by atoms with E-state index in [4.69, 9.17) is 52.1 Å². The monoisotopic (exact) mass is 706 g/mol. The fourth-order valence-electron chi connectivity index (χ4n) is 5.64. The molecule has 14 heteroatoms. The Balaban J connectivity index is 1.43. The highest BCUT2D eigenvalue weighted by atomic mass is 16.6. The Morgan fingerprint density at radius 2 is 1.06 bits per heavy atom. The van der Waals surface area contributed by atoms with Gasteiger partial charge in [-0.05, 0) is 42.0 Å². The minimum Gasteiger partial charge on any atom is -0.496 e. The van der Waals surface area contributed by atoms with Gasteiger partial charge in [-0.15, -0.1) is 0 Å². The quantitative estimate of drug-likeness (QED) is 0.142. The first kappa shape index (κ1) is 36.3. The molecule has 0 saturated carbocycles. The number of aliphatic hydroxyl groups excluding tert-OH is 1. The maximum atomic E-state index is 13.4. The molecule has 51 heavy (non-hydrogen) atoms. The molecule has 270 valence electrons. The maximum Gasteiger partial charge on any atom is 0.343 e. The molecule has 0 saturated heterocycles. The van der Waals surface area contributed by atoms with Gasteiger partial charge in [-0.2, -0.15) is 0 Å². The van der Waals surface area contributed by atoms with Crippen molar-refractivity contribution in [2.45, 2.75) is 18.6 Å². The van der Waals surface area contributed by atoms with Crippen molar-refractivity contribution in [1.82, 2.24) is 0 Å². The summed E-state index contributed by atoms with van der Waals surface area (Å²) in [5.74, 6) is 1.38. The van der Waals surface area contributed by atoms with Gasteiger partial charge in [-0.25, -0.2) is 9.59 Å². The Hall–Kier alpha value is -6.02. The van der Waals surface area contributed by atoms with E-state index in [-0.39, 0.29) is 57.8 Å². The molecule has 0 bridgehead atoms. The topological polar surface area (TPSA) is 156 Å². The molecule has 1 heterocycles. The van der Waals surface area contributed by atoms with Gasteiger partial charge < -0.3 is 57.2 Å². The smallest absolute Gasteiger partial charge is 0.343 e. The minimum absolute atomic E-state index is 0.0703. The van der Waals surface area contributed by atoms with E-state index < -0.39 is 24.1 Å². The largest absolute Gasteiger partial charge is 0.496 e. The van der Waals surface area contributed by atoms with Gasteiger partial charge in [0.05, 0.1) is 74.1 Å². The van der Waals surface area contributed by atoms with Crippen LogP contribution in [0.15, 0.2) is 54.6 Å². The molecule has 14 nitrogen and oxygen atoms in total. The van der Waals surface area contributed by atoms with Crippen LogP contribution < -0.4 is 52.1 Å². The Morgan fingerprint density at radius 3 is 1.53 bits per heavy atom. The van der Waals surface area contributed by atoms with Crippen molar-refractivity contribution >= 4 is 11.9 Å². The molecule has 4 aromatic carbocycles. The second kappa shape index (κ2) is 15.7. The normalized spacial score (nSPS) is 14.6. The summed E-state index contributed by atoms with van der Waals surface area (Å²) in [4.78, 5) is 26.6. The number of ether oxygens (including phenoxy) is 11. The molecule has 1 aliphatic rings. The molecule has 4 aromatic rings. The molecule has 0 fully saturated rings. The SMILES string of the molecule is COc1ccc(C2Oc3cc(OC(=O)c4cc(OC)c(OC)c(OC)c4)cc(OC)c3CC2O)cc1OC(=O)c1cc(OC)c(OC)c(OC)c1. The molecular weight excluding hydrogens is 668 g/mol. The predicted molar refractivity (Wildman–Crippen MR) is 181 cm³/mol. The van der Waals surface area contributed by atoms with Crippen LogP contribution in [0.25, 0.3) is 0 Å². The van der Waals surface area contributed by atoms with Crippen LogP contribution in [0.4, 0.5) is 0 Å². The zero-order chi connectivity index (χ0) is 36.8. The lowest BCUT2D eigenvalue weighted by Gasteiger charge is -2.32. The van der Waals surface area contributed by atoms with Crippen molar-refractivity contribution < 1.29 is 66.8 Å². The Morgan fingerprint density at radius 1 is 0.569 bits per heavy atom. The molecule has 0 spiro atoms. The third-order valence-electron chi connectivity index (χ3n) is 8.11. The molecular formula is C37H38O14. The lowest BCUT2D eigenvalue weighted by molar-refractivity contribution is 0.0195. The fraction of sp³-hybridized carbons (Fsp3) is 0.297. The summed E-state index contributed by atoms with van der Waals surface area (Å²) in [6.45, 7) is 0. The summed E-state index contributed by atoms with van der Waals surface area (Å²) in [5.41, 5.74) is 1.31. The van der Waals surface area contributed by atoms with Crippen LogP contribution in [0.5, 0.6) is 63.2 Å². The number of rotatable bonds is 13. The second-order valence-corrected chi connectivity index (χ2v) is 10.9. The second-order valence-electron chi connectivity index (χ2n) is 10.9. The maximum absolute atomic E-state index is 13.4. The number of hydrogen-bond donors (Lipinski definition) is 1. The van der Waals surface area contributed by atoms with E-state index in [0.717, 1.165) is 0 Å². The van der Waals surface area contributed by atoms with Gasteiger partial charge in [0.1, 0.15) is 23.4 Å². The van der Waals surface area contributed by atoms with Crippen molar-refractivity contribution in [2.75, 3.05) is 56.9 Å². The van der Waals surface area contributed by atoms with Gasteiger partial charge in [0.15, 0.2) is 34.5 Å². The van der Waals surface area contributed by atoms with Crippen LogP contribution in [-0.2, 0) is 6.42 Å². The number of esters is 2. The van der Waals surface area contributed by atoms with E-state index in [2.05, 4.69) is 0 Å². The summed E-state index contributed by atoms with van der Waals surface area (Å²) in [6.07, 6.45) is -1.82. The van der Waals surface area contributed by atoms with E-state index in [0.29, 0.717) is 34.1 Å². The van der Waals surface area contributed by atoms with Crippen LogP contribution in [0.1, 0.15) is 37.9 Å². The highest BCUT2D eigenvalue weighted by Gasteiger charge is 2.34. The van der Waals surface area contributed by atoms with Gasteiger partial charge in [-0.1, -0.05) is 6.07 Å². The predicted octanol–water partition coefficient (Wildman–Crippen LogP) is 5.23. The van der Waals surface area contributed by atoms with Gasteiger partial charge in [0.2, 0.25) is 11.5 Å². The fourth-order valence-corrected chi connectivity index (χ4v) is 5.64. The summed E-state index contributed by atoms with van der Waals surface area (Å²) in [7, 11) is 11.5. The molecule has 2 unspecified atom stereocenters. The summed E-state index contributed by atoms with van der Waals surface area (Å²) < 4.78 is 61.0. The average molecular weight is 707 g/mol. The van der Waals surface area contributed by atoms with Crippen LogP contribution >= 0.6 is 0 Å². The highest BCUT2D eigenvalue weighted by molar-refractivity contribution is 5.93. The van der Waals surface area contributed by atoms with Crippen LogP contribution in [0.3, 0.4) is 0 Å². The van der Waals surface area contributed by atoms with E-state index in [1.807, 2.05) is 0 Å². The van der Waals surface area contributed by atoms with Crippen molar-refractivity contribution in [3.63, 3.8) is 0 Å². The van der Waals surface area contributed by atoms with Gasteiger partial charge in [0.25, 0.3) is 0 Å². The zero-order valence-electron chi connectivity index (χ0n) is 29.3. The molecule has 5 rings (SSSR count). The third-order valence-corrected chi connectivity index (χ3v) is 8.11. The number of benzene rings is 4. The number of aliphatic hydroxyl groups is 1. The van der Waals surface area contributed by atoms with E-state index in [9.17, 15) is 14.7 Å². The van der Waals surface area contributed by atoms with Crippen molar-refractivity contribution in [3.8, 4) is 63.2 Å². The van der Waals surface area contributed by atoms with Gasteiger partial charge in [0, 0.05) is 24.1 Å². The van der Waals surface area contributed by atoms with Crippen LogP contribution in [0, 0.1) is 0 Å². The summed E-state index contributed by atoms with van der Waals surface area (Å²) in [5, 5.41) is 11.3. The Kier molecular flexibility index (Phi) is 11.2. The van der Waals surface area contributed by atoms with E-state index in [1.165, 1.54) is 93.3 Å². The molecule has 0 aliphatic carbocycles. The van der Waals surface area contributed by atoms with Crippen molar-refractivity contribution in [3.05, 3.63) is 76.9 Å². The number of carbonyl (C=O) groups excluding carboxylic acids is 2. The Labute approximate surface area is 294 Å². The molecule has 0 radical (unpaired) electrons. The van der Waals surface area contributed by atoms with Crippen molar-refractivity contribution in [1.29, 1.82) is 0 Å². The summed E-state index contributed by atoms with van der Waals surface area (Å²) in [6, 6.07) is 13.7. The molecule has 1 N–H and O–H groups in total. The molecule has 1 aliphatic heterocycles. The lowest BCUT2D eigenvalue weighted by Crippen LogP contribution is -2.30. The number of methoxy groups -OCH3 is 8. The molecule has 2 atom stereocenters. The molecule has 0 aromatic heterocycles. The number of hydrogen-bond acceptors (Lipinski definition) is 14. The standard InChI is InChI=1S/C37H38O14/c1-41-25-10-9-19(11-28(25)51-37(40)21-14-31(45-5)35(48-8)32(15-21)46-6)33-24(38)18-23-26(42-2)16-22(17-27(23)50-33)49-36(39)20-12-29(43-3)34(47-7)30(13-20)44-4/h9-17,24,33,38H,18H2,1-8H3. The lowest BCUT2D eigenvalue weighted by atomic mass is 9.93. The number of carbonyl (C=O) groups is 2. The Bertz CT molecular complexity index is 1870. The summed E-state index contributed by atoms with van der Waals surface area (Å²) >= 11 is 0. The first-order valence-corrected chi connectivity index (χ1v) is 15.4. The van der Waals surface area contributed by atoms with Gasteiger partial charge >= 0.3 is 11.9 Å². The van der Waals surface area contributed by atoms with Crippen molar-refractivity contribution in [2.24, 2.45) is 0 Å². The third kappa shape index (κ3) is 7.31. The zero-order valence-corrected chi connectivity index (χ0v) is 29.3. The van der Waals surface area contributed by atoms with Crippen LogP contribution in [-0.4, -0.2) is 80.0 Å². The van der Waals surface area contributed by atoms with Gasteiger partial charge in [-0.3, -0.25) is 0 Å². The first-order valence-electron chi connectivity index (χ1n) is 15.4. The first-order chi connectivity index (χ1) is 24.6.